The van der Waals surface area contributed by atoms with E-state index in [0.717, 1.165) is 43.3 Å². The molecule has 0 spiro atoms. The van der Waals surface area contributed by atoms with Gasteiger partial charge < -0.3 is 20.9 Å². The molecule has 2 fully saturated rings. The van der Waals surface area contributed by atoms with E-state index in [1.54, 1.807) is 0 Å². The number of rotatable bonds is 13. The summed E-state index contributed by atoms with van der Waals surface area (Å²) in [7, 11) is 2.34. The van der Waals surface area contributed by atoms with E-state index >= 15 is 0 Å². The van der Waals surface area contributed by atoms with Gasteiger partial charge in [-0.1, -0.05) is 40.0 Å². The van der Waals surface area contributed by atoms with Crippen LogP contribution in [0.3, 0.4) is 0 Å². The Morgan fingerprint density at radius 2 is 1.27 bits per heavy atom. The minimum Gasteiger partial charge on any atom is -0.349 e. The first kappa shape index (κ1) is 38.1. The van der Waals surface area contributed by atoms with Gasteiger partial charge in [-0.25, -0.2) is 4.98 Å². The lowest BCUT2D eigenvalue weighted by Gasteiger charge is -2.49. The summed E-state index contributed by atoms with van der Waals surface area (Å²) in [4.78, 5) is 17.6. The van der Waals surface area contributed by atoms with Crippen LogP contribution in [0.15, 0.2) is 0 Å². The molecule has 0 bridgehead atoms. The number of aryl methyl sites for hydroxylation is 1. The molecule has 1 atom stereocenters. The summed E-state index contributed by atoms with van der Waals surface area (Å²) in [5, 5.41) is 11.4. The van der Waals surface area contributed by atoms with E-state index in [9.17, 15) is 0 Å². The highest BCUT2D eigenvalue weighted by Gasteiger charge is 2.42. The third-order valence-corrected chi connectivity index (χ3v) is 9.88. The molecule has 260 valence electrons. The van der Waals surface area contributed by atoms with Gasteiger partial charge in [0.15, 0.2) is 0 Å². The first-order chi connectivity index (χ1) is 20.4. The molecule has 2 aliphatic rings. The molecule has 3 N–H and O–H groups in total. The Balaban J connectivity index is 1.69. The van der Waals surface area contributed by atoms with Gasteiger partial charge in [-0.15, -0.1) is 0 Å². The highest BCUT2D eigenvalue weighted by molar-refractivity contribution is 5.29. The molecule has 2 aliphatic heterocycles. The van der Waals surface area contributed by atoms with Crippen molar-refractivity contribution >= 4 is 5.95 Å². The Labute approximate surface area is 278 Å². The topological polar surface area (TPSA) is 78.0 Å². The van der Waals surface area contributed by atoms with Crippen molar-refractivity contribution < 1.29 is 0 Å². The molecule has 7 nitrogen and oxygen atoms in total. The molecule has 1 unspecified atom stereocenters. The number of nitrogens with zero attached hydrogens (tertiary/aromatic N) is 4. The molecule has 1 aromatic rings. The third kappa shape index (κ3) is 12.7. The van der Waals surface area contributed by atoms with Crippen LogP contribution in [0.2, 0.25) is 0 Å². The lowest BCUT2D eigenvalue weighted by atomic mass is 9.69. The standard InChI is InChI=1S/C38H73N7/c1-27-39-31(41-32(40-27)42-38(13,14)26-33(2,3)4)30(28-22-34(5,6)43-35(7,8)23-28)20-18-16-17-19-21-45(15)29-24-36(9,10)44-37(11,12)25-29/h28-30,43-44H,16-26H2,1-15H3,(H,39,40,41,42). The number of aromatic nitrogens is 3. The van der Waals surface area contributed by atoms with Crippen LogP contribution in [0, 0.1) is 18.3 Å². The molecule has 3 heterocycles. The first-order valence-electron chi connectivity index (χ1n) is 18.1. The predicted octanol–water partition coefficient (Wildman–Crippen LogP) is 8.64. The summed E-state index contributed by atoms with van der Waals surface area (Å²) in [6.45, 7) is 33.5. The second-order valence-corrected chi connectivity index (χ2v) is 19.6. The summed E-state index contributed by atoms with van der Waals surface area (Å²) >= 11 is 0. The molecule has 0 saturated carbocycles. The quantitative estimate of drug-likeness (QED) is 0.189. The van der Waals surface area contributed by atoms with Crippen LogP contribution in [0.1, 0.15) is 172 Å². The van der Waals surface area contributed by atoms with Gasteiger partial charge in [-0.2, -0.15) is 9.97 Å². The van der Waals surface area contributed by atoms with Gasteiger partial charge in [0.2, 0.25) is 5.95 Å². The van der Waals surface area contributed by atoms with Crippen molar-refractivity contribution in [1.29, 1.82) is 0 Å². The number of nitrogens with one attached hydrogen (secondary N) is 3. The maximum atomic E-state index is 5.17. The smallest absolute Gasteiger partial charge is 0.226 e. The summed E-state index contributed by atoms with van der Waals surface area (Å²) < 4.78 is 0. The zero-order valence-electron chi connectivity index (χ0n) is 32.3. The maximum absolute atomic E-state index is 5.17. The van der Waals surface area contributed by atoms with Crippen LogP contribution in [0.5, 0.6) is 0 Å². The fourth-order valence-corrected chi connectivity index (χ4v) is 9.50. The molecular weight excluding hydrogens is 554 g/mol. The van der Waals surface area contributed by atoms with Crippen molar-refractivity contribution in [2.75, 3.05) is 18.9 Å². The summed E-state index contributed by atoms with van der Waals surface area (Å²) in [6, 6.07) is 0.649. The zero-order valence-corrected chi connectivity index (χ0v) is 32.3. The van der Waals surface area contributed by atoms with E-state index < -0.39 is 0 Å². The van der Waals surface area contributed by atoms with Gasteiger partial charge >= 0.3 is 0 Å². The molecule has 0 aromatic carbocycles. The average Bonchev–Trinajstić information content (AvgIpc) is 2.76. The maximum Gasteiger partial charge on any atom is 0.226 e. The summed E-state index contributed by atoms with van der Waals surface area (Å²) in [5.74, 6) is 3.41. The monoisotopic (exact) mass is 628 g/mol. The normalized spacial score (nSPS) is 22.8. The molecule has 7 heteroatoms. The highest BCUT2D eigenvalue weighted by atomic mass is 15.2. The second-order valence-electron chi connectivity index (χ2n) is 19.6. The molecule has 0 amide bonds. The lowest BCUT2D eigenvalue weighted by Crippen LogP contribution is -2.61. The molecule has 1 aromatic heterocycles. The van der Waals surface area contributed by atoms with Crippen LogP contribution < -0.4 is 16.0 Å². The van der Waals surface area contributed by atoms with E-state index in [1.165, 1.54) is 45.1 Å². The lowest BCUT2D eigenvalue weighted by molar-refractivity contribution is 0.0804. The number of unbranched alkanes of at least 4 members (excludes halogenated alkanes) is 3. The SMILES string of the molecule is Cc1nc(NC(C)(C)CC(C)(C)C)nc(C(CCCCCCN(C)C2CC(C)(C)NC(C)(C)C2)C2CC(C)(C)NC(C)(C)C2)n1. The van der Waals surface area contributed by atoms with Crippen molar-refractivity contribution in [2.24, 2.45) is 11.3 Å². The minimum absolute atomic E-state index is 0.0882. The number of hydrogen-bond acceptors (Lipinski definition) is 7. The van der Waals surface area contributed by atoms with Crippen LogP contribution >= 0.6 is 0 Å². The van der Waals surface area contributed by atoms with Crippen molar-refractivity contribution in [3.8, 4) is 0 Å². The van der Waals surface area contributed by atoms with E-state index in [0.29, 0.717) is 17.9 Å². The van der Waals surface area contributed by atoms with Crippen molar-refractivity contribution in [3.05, 3.63) is 11.6 Å². The van der Waals surface area contributed by atoms with E-state index in [-0.39, 0.29) is 33.1 Å². The molecule has 0 aliphatic carbocycles. The second kappa shape index (κ2) is 14.0. The van der Waals surface area contributed by atoms with E-state index in [2.05, 4.69) is 118 Å². The Morgan fingerprint density at radius 1 is 0.756 bits per heavy atom. The molecule has 2 saturated heterocycles. The van der Waals surface area contributed by atoms with Crippen molar-refractivity contribution in [3.63, 3.8) is 0 Å². The summed E-state index contributed by atoms with van der Waals surface area (Å²) in [6.07, 6.45) is 11.9. The van der Waals surface area contributed by atoms with Crippen LogP contribution in [-0.4, -0.2) is 67.2 Å². The van der Waals surface area contributed by atoms with Gasteiger partial charge in [0.25, 0.3) is 0 Å². The third-order valence-electron chi connectivity index (χ3n) is 9.88. The molecule has 45 heavy (non-hydrogen) atoms. The average molecular weight is 628 g/mol. The summed E-state index contributed by atoms with van der Waals surface area (Å²) in [5.41, 5.74) is 0.670. The van der Waals surface area contributed by atoms with Gasteiger partial charge in [0.1, 0.15) is 11.6 Å². The Bertz CT molecular complexity index is 1070. The number of piperidine rings is 2. The van der Waals surface area contributed by atoms with Crippen LogP contribution in [-0.2, 0) is 0 Å². The largest absolute Gasteiger partial charge is 0.349 e. The first-order valence-corrected chi connectivity index (χ1v) is 18.1. The molecular formula is C38H73N7. The Kier molecular flexibility index (Phi) is 11.9. The van der Waals surface area contributed by atoms with Crippen LogP contribution in [0.25, 0.3) is 0 Å². The van der Waals surface area contributed by atoms with Crippen LogP contribution in [0.4, 0.5) is 5.95 Å². The Morgan fingerprint density at radius 3 is 1.80 bits per heavy atom. The van der Waals surface area contributed by atoms with E-state index in [1.807, 2.05) is 6.92 Å². The van der Waals surface area contributed by atoms with E-state index in [4.69, 9.17) is 15.0 Å². The minimum atomic E-state index is -0.107. The van der Waals surface area contributed by atoms with Crippen molar-refractivity contribution in [2.45, 2.75) is 201 Å². The van der Waals surface area contributed by atoms with Gasteiger partial charge in [-0.05, 0) is 146 Å². The fraction of sp³-hybridized carbons (Fsp3) is 0.921. The fourth-order valence-electron chi connectivity index (χ4n) is 9.50. The predicted molar refractivity (Wildman–Crippen MR) is 193 cm³/mol. The molecule has 3 rings (SSSR count). The number of anilines is 1. The van der Waals surface area contributed by atoms with Gasteiger partial charge in [-0.3, -0.25) is 0 Å². The molecule has 0 radical (unpaired) electrons. The van der Waals surface area contributed by atoms with Crippen molar-refractivity contribution in [1.82, 2.24) is 30.5 Å². The zero-order chi connectivity index (χ0) is 34.1. The number of hydrogen-bond donors (Lipinski definition) is 3. The van der Waals surface area contributed by atoms with Gasteiger partial charge in [0, 0.05) is 39.7 Å². The highest BCUT2D eigenvalue weighted by Crippen LogP contribution is 2.43. The van der Waals surface area contributed by atoms with Gasteiger partial charge in [0.05, 0.1) is 0 Å². The Hall–Kier alpha value is -1.31.